The first-order valence-electron chi connectivity index (χ1n) is 13.8. The maximum Gasteiger partial charge on any atom is 0.274 e. The predicted octanol–water partition coefficient (Wildman–Crippen LogP) is -4.72. The van der Waals surface area contributed by atoms with Gasteiger partial charge in [-0.2, -0.15) is 12.6 Å². The molecule has 3 aliphatic rings. The van der Waals surface area contributed by atoms with Gasteiger partial charge < -0.3 is 69.4 Å². The van der Waals surface area contributed by atoms with Crippen molar-refractivity contribution in [2.45, 2.75) is 63.1 Å². The lowest BCUT2D eigenvalue weighted by molar-refractivity contribution is -0.247. The number of ether oxygens (including phenoxy) is 1. The zero-order valence-electron chi connectivity index (χ0n) is 25.2. The first-order chi connectivity index (χ1) is 22.2. The fourth-order valence-corrected chi connectivity index (χ4v) is 7.24. The second-order valence-electron chi connectivity index (χ2n) is 11.0. The van der Waals surface area contributed by atoms with Crippen LogP contribution in [0.5, 0.6) is 0 Å². The van der Waals surface area contributed by atoms with Gasteiger partial charge in [-0.25, -0.2) is 14.3 Å². The van der Waals surface area contributed by atoms with Crippen LogP contribution in [0.25, 0.3) is 0 Å². The number of fused-ring (bicyclic) bond motifs is 1. The second kappa shape index (κ2) is 16.4. The summed E-state index contributed by atoms with van der Waals surface area (Å²) in [6.07, 6.45) is -7.84. The molecule has 27 heteroatoms. The summed E-state index contributed by atoms with van der Waals surface area (Å²) in [6, 6.07) is -0.799. The van der Waals surface area contributed by atoms with E-state index in [-0.39, 0.29) is 24.7 Å². The van der Waals surface area contributed by atoms with E-state index < -0.39 is 90.9 Å². The zero-order valence-corrected chi connectivity index (χ0v) is 28.8. The van der Waals surface area contributed by atoms with Gasteiger partial charge in [0, 0.05) is 30.7 Å². The summed E-state index contributed by atoms with van der Waals surface area (Å²) in [5.74, 6) is -0.906. The van der Waals surface area contributed by atoms with Crippen molar-refractivity contribution in [3.05, 3.63) is 0 Å². The Hall–Kier alpha value is -1.85. The zero-order chi connectivity index (χ0) is 36.1. The van der Waals surface area contributed by atoms with Crippen molar-refractivity contribution in [2.75, 3.05) is 32.1 Å². The van der Waals surface area contributed by atoms with E-state index in [1.54, 1.807) is 0 Å². The van der Waals surface area contributed by atoms with Crippen LogP contribution >= 0.6 is 36.1 Å². The molecule has 48 heavy (non-hydrogen) atoms. The lowest BCUT2D eigenvalue weighted by atomic mass is 9.87. The van der Waals surface area contributed by atoms with E-state index in [4.69, 9.17) is 10.5 Å². The van der Waals surface area contributed by atoms with Crippen molar-refractivity contribution >= 4 is 66.4 Å². The van der Waals surface area contributed by atoms with Crippen molar-refractivity contribution in [3.63, 3.8) is 0 Å². The standard InChI is InChI=1S/C21H38N7O16P3S/c1-21(2,16(31)19(32)24-4-3-12(29)23-5-6-48)8-41-47(38,39)44-46(36,37)40-7-11-15(43-45(33,34)35)14(30)20(42-11)28-10-27-13-17(22)25-9-26-18(13)28/h9-11,13-16,18,20,30-31,48H,3-8H2,1-2H3,(H,23,29)(H,24,32)(H,36,37)(H,38,39)(H2,22,25,26)(H2,33,34,35)/p-3/t11-,13?,14-,15-,16+,18?,20-/m1/s1. The van der Waals surface area contributed by atoms with Gasteiger partial charge >= 0.3 is 0 Å². The predicted molar refractivity (Wildman–Crippen MR) is 160 cm³/mol. The third kappa shape index (κ3) is 11.3. The number of phosphoric ester groups is 3. The SMILES string of the molecule is CC(C)(COP(=O)([O-])OP(=O)([O-])OC[C@H]1O[C@@H](N2C=NC3C(N)=NC=NC32)[C@H](O)[C@@H]1OP(=O)([O-])O)[C@@H](O)C(=O)NCCC(=O)NCCS. The molecule has 0 spiro atoms. The molecule has 0 aromatic rings. The summed E-state index contributed by atoms with van der Waals surface area (Å²) in [4.78, 5) is 82.6. The van der Waals surface area contributed by atoms with Gasteiger partial charge in [0.05, 0.1) is 19.6 Å². The molecule has 2 amide bonds. The molecule has 274 valence electrons. The minimum Gasteiger partial charge on any atom is -0.756 e. The number of hydrogen-bond donors (Lipinski definition) is 7. The highest BCUT2D eigenvalue weighted by Crippen LogP contribution is 2.56. The van der Waals surface area contributed by atoms with Crippen LogP contribution in [0.2, 0.25) is 0 Å². The van der Waals surface area contributed by atoms with E-state index >= 15 is 0 Å². The number of aliphatic hydroxyl groups is 2. The minimum atomic E-state index is -5.86. The molecule has 7 N–H and O–H groups in total. The number of aliphatic hydroxyl groups excluding tert-OH is 2. The Morgan fingerprint density at radius 2 is 1.83 bits per heavy atom. The lowest BCUT2D eigenvalue weighted by Crippen LogP contribution is -2.51. The number of amides is 2. The molecule has 3 heterocycles. The normalized spacial score (nSPS) is 29.7. The second-order valence-corrected chi connectivity index (χ2v) is 15.6. The largest absolute Gasteiger partial charge is 0.756 e. The summed E-state index contributed by atoms with van der Waals surface area (Å²) < 4.78 is 59.4. The smallest absolute Gasteiger partial charge is 0.274 e. The van der Waals surface area contributed by atoms with Crippen molar-refractivity contribution in [2.24, 2.45) is 26.1 Å². The number of phosphoric acid groups is 3. The Morgan fingerprint density at radius 1 is 1.17 bits per heavy atom. The topological polar surface area (TPSA) is 352 Å². The fraction of sp³-hybridized carbons (Fsp3) is 0.762. The molecule has 0 radical (unpaired) electrons. The number of nitrogens with two attached hydrogens (primary N) is 1. The van der Waals surface area contributed by atoms with Gasteiger partial charge in [-0.3, -0.25) is 28.3 Å². The summed E-state index contributed by atoms with van der Waals surface area (Å²) in [6.45, 7) is 0.405. The van der Waals surface area contributed by atoms with Crippen LogP contribution in [-0.4, -0.2) is 125 Å². The van der Waals surface area contributed by atoms with E-state index in [0.717, 1.165) is 12.7 Å². The highest BCUT2D eigenvalue weighted by Gasteiger charge is 2.52. The average Bonchev–Trinajstić information content (AvgIpc) is 3.54. The van der Waals surface area contributed by atoms with E-state index in [9.17, 15) is 53.1 Å². The highest BCUT2D eigenvalue weighted by atomic mass is 32.1. The van der Waals surface area contributed by atoms with Gasteiger partial charge in [-0.05, 0) is 0 Å². The van der Waals surface area contributed by atoms with Crippen LogP contribution in [0.15, 0.2) is 15.0 Å². The molecule has 1 fully saturated rings. The maximum absolute atomic E-state index is 12.4. The van der Waals surface area contributed by atoms with Gasteiger partial charge in [0.15, 0.2) is 12.4 Å². The Balaban J connectivity index is 1.57. The molecule has 1 saturated heterocycles. The van der Waals surface area contributed by atoms with Crippen LogP contribution in [0.1, 0.15) is 20.3 Å². The summed E-state index contributed by atoms with van der Waals surface area (Å²) in [7, 11) is -17.2. The van der Waals surface area contributed by atoms with Gasteiger partial charge in [-0.15, -0.1) is 0 Å². The van der Waals surface area contributed by atoms with E-state index in [1.165, 1.54) is 18.7 Å². The van der Waals surface area contributed by atoms with Crippen LogP contribution < -0.4 is 31.0 Å². The van der Waals surface area contributed by atoms with Crippen LogP contribution in [0.4, 0.5) is 0 Å². The van der Waals surface area contributed by atoms with Crippen LogP contribution in [0.3, 0.4) is 0 Å². The molecule has 0 bridgehead atoms. The number of carbonyl (C=O) groups excluding carboxylic acids is 2. The molecule has 0 aliphatic carbocycles. The molecule has 10 atom stereocenters. The van der Waals surface area contributed by atoms with Gasteiger partial charge in [0.25, 0.3) is 23.5 Å². The number of rotatable bonds is 18. The Bertz CT molecular complexity index is 1410. The van der Waals surface area contributed by atoms with Crippen molar-refractivity contribution in [3.8, 4) is 0 Å². The third-order valence-corrected chi connectivity index (χ3v) is 10.0. The van der Waals surface area contributed by atoms with Gasteiger partial charge in [0.2, 0.25) is 11.8 Å². The quantitative estimate of drug-likeness (QED) is 0.0509. The van der Waals surface area contributed by atoms with Crippen molar-refractivity contribution in [1.29, 1.82) is 0 Å². The molecule has 3 aliphatic heterocycles. The number of carbonyl (C=O) groups is 2. The summed E-state index contributed by atoms with van der Waals surface area (Å²) >= 11 is 3.94. The van der Waals surface area contributed by atoms with Gasteiger partial charge in [-0.1, -0.05) is 13.8 Å². The Kier molecular flexibility index (Phi) is 13.9. The number of amidine groups is 1. The molecule has 23 nitrogen and oxygen atoms in total. The van der Waals surface area contributed by atoms with E-state index in [0.29, 0.717) is 12.3 Å². The molecule has 0 aromatic carbocycles. The third-order valence-electron chi connectivity index (χ3n) is 6.80. The monoisotopic (exact) mass is 766 g/mol. The fourth-order valence-electron chi connectivity index (χ4n) is 4.38. The first-order valence-corrected chi connectivity index (χ1v) is 18.9. The first kappa shape index (κ1) is 40.6. The summed E-state index contributed by atoms with van der Waals surface area (Å²) in [5.41, 5.74) is 4.15. The summed E-state index contributed by atoms with van der Waals surface area (Å²) in [5, 5.41) is 26.0. The maximum atomic E-state index is 12.4. The number of thiol groups is 1. The van der Waals surface area contributed by atoms with Crippen LogP contribution in [0, 0.1) is 5.41 Å². The Labute approximate surface area is 278 Å². The molecule has 0 saturated carbocycles. The van der Waals surface area contributed by atoms with Crippen molar-refractivity contribution < 1.29 is 75.7 Å². The molecule has 3 rings (SSSR count). The van der Waals surface area contributed by atoms with Crippen LogP contribution in [-0.2, 0) is 45.9 Å². The van der Waals surface area contributed by atoms with E-state index in [2.05, 4.69) is 56.1 Å². The minimum absolute atomic E-state index is 0.0599. The molecule has 5 unspecified atom stereocenters. The lowest BCUT2D eigenvalue weighted by Gasteiger charge is -2.35. The molecule has 0 aromatic heterocycles. The number of nitrogens with zero attached hydrogens (tertiary/aromatic N) is 4. The number of nitrogens with one attached hydrogen (secondary N) is 2. The average molecular weight is 767 g/mol. The highest BCUT2D eigenvalue weighted by molar-refractivity contribution is 7.80. The van der Waals surface area contributed by atoms with E-state index in [1.807, 2.05) is 0 Å². The molecular weight excluding hydrogens is 731 g/mol. The number of aliphatic imine (C=N–C) groups is 3. The van der Waals surface area contributed by atoms with Crippen molar-refractivity contribution in [1.82, 2.24) is 15.5 Å². The Morgan fingerprint density at radius 3 is 2.48 bits per heavy atom. The molecular formula is C21H35N7O16P3S-3. The number of hydrogen-bond acceptors (Lipinski definition) is 21. The van der Waals surface area contributed by atoms with Gasteiger partial charge in [0.1, 0.15) is 42.6 Å².